The molecule has 1 fully saturated rings. The molecule has 1 heterocycles. The van der Waals surface area contributed by atoms with Crippen molar-refractivity contribution in [2.24, 2.45) is 5.73 Å². The van der Waals surface area contributed by atoms with Gasteiger partial charge in [-0.25, -0.2) is 0 Å². The van der Waals surface area contributed by atoms with Crippen molar-refractivity contribution in [2.45, 2.75) is 25.8 Å². The molecule has 2 aromatic carbocycles. The van der Waals surface area contributed by atoms with Crippen LogP contribution in [0.25, 0.3) is 6.08 Å². The summed E-state index contributed by atoms with van der Waals surface area (Å²) < 4.78 is 11.6. The summed E-state index contributed by atoms with van der Waals surface area (Å²) in [7, 11) is 0. The largest absolute Gasteiger partial charge is 0.492 e. The van der Waals surface area contributed by atoms with Gasteiger partial charge in [-0.2, -0.15) is 0 Å². The predicted octanol–water partition coefficient (Wildman–Crippen LogP) is 5.05. The van der Waals surface area contributed by atoms with Crippen molar-refractivity contribution in [3.05, 3.63) is 62.5 Å². The van der Waals surface area contributed by atoms with E-state index in [1.54, 1.807) is 42.5 Å². The fourth-order valence-corrected chi connectivity index (χ4v) is 3.98. The topological polar surface area (TPSA) is 90.7 Å². The standard InChI is InChI=1S/C22H22Cl2N2O4S/c1-2-3-16-18(9-8-17(23)20(16)24)30-12-14(25)11-29-15-6-4-13(5-7-15)10-19-21(27)26-22(28)31-19/h4-10,14H,2-3,11-12,25H2,1H3,(H,26,27,28)/b19-10+/t14-/m1/s1. The van der Waals surface area contributed by atoms with E-state index in [1.165, 1.54) is 0 Å². The Morgan fingerprint density at radius 1 is 1.10 bits per heavy atom. The molecule has 31 heavy (non-hydrogen) atoms. The zero-order valence-corrected chi connectivity index (χ0v) is 19.2. The van der Waals surface area contributed by atoms with Crippen LogP contribution in [0.5, 0.6) is 11.5 Å². The Morgan fingerprint density at radius 2 is 1.81 bits per heavy atom. The molecule has 3 rings (SSSR count). The first-order valence-electron chi connectivity index (χ1n) is 9.70. The number of amides is 2. The molecule has 164 valence electrons. The molecular weight excluding hydrogens is 459 g/mol. The Labute approximate surface area is 195 Å². The van der Waals surface area contributed by atoms with Crippen LogP contribution in [-0.4, -0.2) is 30.4 Å². The van der Waals surface area contributed by atoms with E-state index >= 15 is 0 Å². The second-order valence-corrected chi connectivity index (χ2v) is 8.69. The van der Waals surface area contributed by atoms with Crippen LogP contribution in [0.15, 0.2) is 41.3 Å². The van der Waals surface area contributed by atoms with Crippen LogP contribution in [0.2, 0.25) is 10.0 Å². The first-order valence-corrected chi connectivity index (χ1v) is 11.3. The normalized spacial score (nSPS) is 15.8. The van der Waals surface area contributed by atoms with Crippen molar-refractivity contribution in [1.29, 1.82) is 0 Å². The van der Waals surface area contributed by atoms with E-state index in [4.69, 9.17) is 38.4 Å². The lowest BCUT2D eigenvalue weighted by Gasteiger charge is -2.17. The minimum Gasteiger partial charge on any atom is -0.492 e. The van der Waals surface area contributed by atoms with E-state index in [2.05, 4.69) is 12.2 Å². The van der Waals surface area contributed by atoms with Crippen LogP contribution >= 0.6 is 35.0 Å². The molecule has 1 atom stereocenters. The second-order valence-electron chi connectivity index (χ2n) is 6.89. The molecule has 0 aromatic heterocycles. The number of nitrogens with one attached hydrogen (secondary N) is 1. The summed E-state index contributed by atoms with van der Waals surface area (Å²) in [6, 6.07) is 10.3. The van der Waals surface area contributed by atoms with Gasteiger partial charge in [0.1, 0.15) is 24.7 Å². The van der Waals surface area contributed by atoms with Gasteiger partial charge in [0.2, 0.25) is 0 Å². The maximum atomic E-state index is 11.6. The van der Waals surface area contributed by atoms with E-state index < -0.39 is 0 Å². The summed E-state index contributed by atoms with van der Waals surface area (Å²) in [5, 5.41) is 2.87. The van der Waals surface area contributed by atoms with Crippen LogP contribution in [0.3, 0.4) is 0 Å². The van der Waals surface area contributed by atoms with Crippen molar-refractivity contribution in [1.82, 2.24) is 5.32 Å². The van der Waals surface area contributed by atoms with Gasteiger partial charge >= 0.3 is 0 Å². The van der Waals surface area contributed by atoms with Crippen molar-refractivity contribution >= 4 is 52.2 Å². The molecule has 1 aliphatic heterocycles. The summed E-state index contributed by atoms with van der Waals surface area (Å²) in [5.74, 6) is 0.931. The Balaban J connectivity index is 1.52. The molecule has 0 radical (unpaired) electrons. The summed E-state index contributed by atoms with van der Waals surface area (Å²) in [4.78, 5) is 23.2. The van der Waals surface area contributed by atoms with Crippen LogP contribution < -0.4 is 20.5 Å². The lowest BCUT2D eigenvalue weighted by molar-refractivity contribution is -0.115. The summed E-state index contributed by atoms with van der Waals surface area (Å²) in [6.45, 7) is 2.58. The van der Waals surface area contributed by atoms with Gasteiger partial charge in [0.25, 0.3) is 11.1 Å². The maximum absolute atomic E-state index is 11.6. The predicted molar refractivity (Wildman–Crippen MR) is 125 cm³/mol. The molecule has 1 saturated heterocycles. The third-order valence-electron chi connectivity index (χ3n) is 4.39. The Hall–Kier alpha value is -2.19. The molecule has 0 spiro atoms. The number of benzene rings is 2. The zero-order valence-electron chi connectivity index (χ0n) is 16.8. The van der Waals surface area contributed by atoms with Gasteiger partial charge < -0.3 is 15.2 Å². The number of ether oxygens (including phenoxy) is 2. The molecule has 0 aliphatic carbocycles. The number of carbonyl (C=O) groups is 2. The number of rotatable bonds is 9. The van der Waals surface area contributed by atoms with Gasteiger partial charge in [-0.05, 0) is 54.1 Å². The van der Waals surface area contributed by atoms with Crippen LogP contribution in [-0.2, 0) is 11.2 Å². The molecule has 3 N–H and O–H groups in total. The van der Waals surface area contributed by atoms with Gasteiger partial charge in [0.15, 0.2) is 0 Å². The van der Waals surface area contributed by atoms with Crippen molar-refractivity contribution in [2.75, 3.05) is 13.2 Å². The zero-order chi connectivity index (χ0) is 22.4. The van der Waals surface area contributed by atoms with Gasteiger partial charge in [-0.1, -0.05) is 48.7 Å². The maximum Gasteiger partial charge on any atom is 0.290 e. The van der Waals surface area contributed by atoms with Gasteiger partial charge in [0, 0.05) is 5.56 Å². The third kappa shape index (κ3) is 6.40. The number of imide groups is 1. The van der Waals surface area contributed by atoms with Crippen LogP contribution in [0.1, 0.15) is 24.5 Å². The summed E-state index contributed by atoms with van der Waals surface area (Å²) in [5.41, 5.74) is 7.80. The van der Waals surface area contributed by atoms with E-state index in [9.17, 15) is 9.59 Å². The number of halogens is 2. The quantitative estimate of drug-likeness (QED) is 0.487. The molecule has 6 nitrogen and oxygen atoms in total. The summed E-state index contributed by atoms with van der Waals surface area (Å²) >= 11 is 13.3. The van der Waals surface area contributed by atoms with E-state index in [-0.39, 0.29) is 30.4 Å². The third-order valence-corrected chi connectivity index (χ3v) is 6.04. The highest BCUT2D eigenvalue weighted by molar-refractivity contribution is 8.18. The smallest absolute Gasteiger partial charge is 0.290 e. The van der Waals surface area contributed by atoms with Gasteiger partial charge in [-0.15, -0.1) is 0 Å². The molecule has 9 heteroatoms. The molecule has 2 amide bonds. The highest BCUT2D eigenvalue weighted by Gasteiger charge is 2.24. The van der Waals surface area contributed by atoms with E-state index in [0.717, 1.165) is 35.7 Å². The Bertz CT molecular complexity index is 996. The second kappa shape index (κ2) is 10.9. The lowest BCUT2D eigenvalue weighted by atomic mass is 10.1. The van der Waals surface area contributed by atoms with Crippen molar-refractivity contribution in [3.63, 3.8) is 0 Å². The molecule has 0 saturated carbocycles. The highest BCUT2D eigenvalue weighted by Crippen LogP contribution is 2.34. The number of nitrogens with two attached hydrogens (primary N) is 1. The first kappa shape index (κ1) is 23.5. The number of thioether (sulfide) groups is 1. The highest BCUT2D eigenvalue weighted by atomic mass is 35.5. The number of hydrogen-bond acceptors (Lipinski definition) is 6. The lowest BCUT2D eigenvalue weighted by Crippen LogP contribution is -2.34. The minimum atomic E-state index is -0.384. The monoisotopic (exact) mass is 480 g/mol. The number of carbonyl (C=O) groups excluding carboxylic acids is 2. The Morgan fingerprint density at radius 3 is 2.45 bits per heavy atom. The average molecular weight is 481 g/mol. The van der Waals surface area contributed by atoms with E-state index in [1.807, 2.05) is 0 Å². The fraction of sp³-hybridized carbons (Fsp3) is 0.273. The van der Waals surface area contributed by atoms with Gasteiger partial charge in [0.05, 0.1) is 21.0 Å². The fourth-order valence-electron chi connectivity index (χ4n) is 2.87. The average Bonchev–Trinajstić information content (AvgIpc) is 3.07. The van der Waals surface area contributed by atoms with Crippen molar-refractivity contribution in [3.8, 4) is 11.5 Å². The van der Waals surface area contributed by atoms with E-state index in [0.29, 0.717) is 26.4 Å². The van der Waals surface area contributed by atoms with Crippen LogP contribution in [0.4, 0.5) is 4.79 Å². The molecular formula is C22H22Cl2N2O4S. The first-order chi connectivity index (χ1) is 14.9. The Kier molecular flexibility index (Phi) is 8.26. The summed E-state index contributed by atoms with van der Waals surface area (Å²) in [6.07, 6.45) is 3.33. The van der Waals surface area contributed by atoms with Gasteiger partial charge in [-0.3, -0.25) is 14.9 Å². The van der Waals surface area contributed by atoms with Crippen LogP contribution in [0, 0.1) is 0 Å². The molecule has 0 unspecified atom stereocenters. The molecule has 2 aromatic rings. The van der Waals surface area contributed by atoms with Crippen molar-refractivity contribution < 1.29 is 19.1 Å². The number of hydrogen-bond donors (Lipinski definition) is 2. The molecule has 1 aliphatic rings. The SMILES string of the molecule is CCCc1c(OC[C@H](N)COc2ccc(/C=C3/SC(=O)NC3=O)cc2)ccc(Cl)c1Cl. The molecule has 0 bridgehead atoms. The minimum absolute atomic E-state index is 0.262.